The zero-order valence-corrected chi connectivity index (χ0v) is 20.1. The van der Waals surface area contributed by atoms with E-state index in [1.165, 1.54) is 18.4 Å². The number of nitrogens with zero attached hydrogens (tertiary/aromatic N) is 4. The molecule has 8 heteroatoms. The van der Waals surface area contributed by atoms with Crippen LogP contribution >= 0.6 is 0 Å². The van der Waals surface area contributed by atoms with Gasteiger partial charge in [0.2, 0.25) is 5.95 Å². The predicted octanol–water partition coefficient (Wildman–Crippen LogP) is 3.39. The molecule has 4 N–H and O–H groups in total. The van der Waals surface area contributed by atoms with E-state index >= 15 is 0 Å². The van der Waals surface area contributed by atoms with Gasteiger partial charge < -0.3 is 25.7 Å². The van der Waals surface area contributed by atoms with Crippen LogP contribution in [0.5, 0.6) is 0 Å². The van der Waals surface area contributed by atoms with Crippen LogP contribution in [-0.2, 0) is 11.3 Å². The Kier molecular flexibility index (Phi) is 8.23. The SMILES string of the molecule is CCCCCNc1nc(N)nc2ccn(CC3CCC=C(CN4CCNCC4)C=C3OC)c12. The van der Waals surface area contributed by atoms with Crippen molar-refractivity contribution in [1.29, 1.82) is 0 Å². The molecule has 8 nitrogen and oxygen atoms in total. The van der Waals surface area contributed by atoms with Gasteiger partial charge in [-0.2, -0.15) is 4.98 Å². The number of nitrogens with one attached hydrogen (secondary N) is 2. The summed E-state index contributed by atoms with van der Waals surface area (Å²) in [6.07, 6.45) is 12.4. The number of aromatic nitrogens is 3. The molecule has 0 spiro atoms. The molecule has 4 rings (SSSR count). The van der Waals surface area contributed by atoms with Gasteiger partial charge in [-0.1, -0.05) is 25.8 Å². The van der Waals surface area contributed by atoms with E-state index in [0.717, 1.165) is 87.7 Å². The molecule has 0 radical (unpaired) electrons. The molecule has 2 aromatic heterocycles. The van der Waals surface area contributed by atoms with E-state index in [2.05, 4.69) is 55.3 Å². The van der Waals surface area contributed by atoms with E-state index in [4.69, 9.17) is 10.5 Å². The van der Waals surface area contributed by atoms with Crippen LogP contribution in [0.15, 0.2) is 35.7 Å². The molecular formula is C25H39N7O. The molecule has 1 saturated heterocycles. The summed E-state index contributed by atoms with van der Waals surface area (Å²) in [6, 6.07) is 2.03. The zero-order chi connectivity index (χ0) is 23.0. The molecule has 1 aliphatic heterocycles. The van der Waals surface area contributed by atoms with Gasteiger partial charge in [0.05, 0.1) is 12.6 Å². The Morgan fingerprint density at radius 1 is 1.24 bits per heavy atom. The van der Waals surface area contributed by atoms with Crippen LogP contribution in [0.25, 0.3) is 11.0 Å². The lowest BCUT2D eigenvalue weighted by molar-refractivity contribution is 0.225. The number of nitrogen functional groups attached to an aromatic ring is 1. The van der Waals surface area contributed by atoms with Crippen molar-refractivity contribution >= 4 is 22.8 Å². The van der Waals surface area contributed by atoms with Crippen molar-refractivity contribution in [1.82, 2.24) is 24.8 Å². The molecule has 0 aromatic carbocycles. The average Bonchev–Trinajstić information content (AvgIpc) is 3.11. The van der Waals surface area contributed by atoms with Gasteiger partial charge in [-0.15, -0.1) is 0 Å². The summed E-state index contributed by atoms with van der Waals surface area (Å²) in [5.41, 5.74) is 9.26. The summed E-state index contributed by atoms with van der Waals surface area (Å²) in [7, 11) is 1.80. The number of ether oxygens (including phenoxy) is 1. The number of methoxy groups -OCH3 is 1. The van der Waals surface area contributed by atoms with Crippen molar-refractivity contribution in [2.24, 2.45) is 5.92 Å². The monoisotopic (exact) mass is 453 g/mol. The number of hydrogen-bond acceptors (Lipinski definition) is 7. The van der Waals surface area contributed by atoms with Crippen LogP contribution in [0.2, 0.25) is 0 Å². The van der Waals surface area contributed by atoms with Gasteiger partial charge in [0.25, 0.3) is 0 Å². The fourth-order valence-electron chi connectivity index (χ4n) is 4.84. The number of allylic oxidation sites excluding steroid dienone is 2. The van der Waals surface area contributed by atoms with Crippen LogP contribution in [0.1, 0.15) is 39.0 Å². The predicted molar refractivity (Wildman–Crippen MR) is 135 cm³/mol. The number of hydrogen-bond donors (Lipinski definition) is 3. The molecule has 0 amide bonds. The van der Waals surface area contributed by atoms with Crippen LogP contribution in [0.3, 0.4) is 0 Å². The normalized spacial score (nSPS) is 19.8. The molecule has 180 valence electrons. The first-order chi connectivity index (χ1) is 16.2. The Morgan fingerprint density at radius 2 is 2.09 bits per heavy atom. The van der Waals surface area contributed by atoms with Crippen LogP contribution < -0.4 is 16.4 Å². The molecule has 1 aliphatic carbocycles. The van der Waals surface area contributed by atoms with Crippen molar-refractivity contribution in [3.05, 3.63) is 35.7 Å². The molecule has 2 aliphatic rings. The fraction of sp³-hybridized carbons (Fsp3) is 0.600. The second-order valence-corrected chi connectivity index (χ2v) is 9.10. The van der Waals surface area contributed by atoms with Gasteiger partial charge >= 0.3 is 0 Å². The van der Waals surface area contributed by atoms with Crippen molar-refractivity contribution in [2.75, 3.05) is 57.4 Å². The highest BCUT2D eigenvalue weighted by molar-refractivity contribution is 5.87. The standard InChI is InChI=1S/C25H39N7O/c1-3-4-5-10-28-24-23-21(29-25(26)30-24)9-13-32(23)18-20-8-6-7-19(16-22(20)33-2)17-31-14-11-27-12-15-31/h7,9,13,16,20,27H,3-6,8,10-12,14-15,17-18H2,1-2H3,(H3,26,28,29,30). The minimum atomic E-state index is 0.299. The van der Waals surface area contributed by atoms with Gasteiger partial charge in [0.15, 0.2) is 5.82 Å². The number of unbranched alkanes of at least 4 members (excludes halogenated alkanes) is 2. The van der Waals surface area contributed by atoms with Crippen LogP contribution in [0, 0.1) is 5.92 Å². The topological polar surface area (TPSA) is 93.3 Å². The first-order valence-corrected chi connectivity index (χ1v) is 12.4. The Bertz CT molecular complexity index is 975. The lowest BCUT2D eigenvalue weighted by Gasteiger charge is -2.27. The van der Waals surface area contributed by atoms with Crippen molar-refractivity contribution in [2.45, 2.75) is 45.6 Å². The van der Waals surface area contributed by atoms with E-state index in [1.54, 1.807) is 7.11 Å². The van der Waals surface area contributed by atoms with Crippen molar-refractivity contribution < 1.29 is 4.74 Å². The third-order valence-corrected chi connectivity index (χ3v) is 6.62. The number of anilines is 2. The Labute approximate surface area is 197 Å². The first-order valence-electron chi connectivity index (χ1n) is 12.4. The fourth-order valence-corrected chi connectivity index (χ4v) is 4.84. The second-order valence-electron chi connectivity index (χ2n) is 9.10. The number of rotatable bonds is 10. The minimum absolute atomic E-state index is 0.299. The lowest BCUT2D eigenvalue weighted by atomic mass is 10.0. The molecule has 2 aromatic rings. The second kappa shape index (κ2) is 11.5. The van der Waals surface area contributed by atoms with Gasteiger partial charge in [-0.05, 0) is 37.0 Å². The van der Waals surface area contributed by atoms with Gasteiger partial charge in [0, 0.05) is 57.9 Å². The maximum absolute atomic E-state index is 5.99. The third kappa shape index (κ3) is 6.06. The summed E-state index contributed by atoms with van der Waals surface area (Å²) in [5, 5.41) is 6.93. The molecule has 1 atom stereocenters. The minimum Gasteiger partial charge on any atom is -0.501 e. The van der Waals surface area contributed by atoms with Crippen LogP contribution in [0.4, 0.5) is 11.8 Å². The third-order valence-electron chi connectivity index (χ3n) is 6.62. The van der Waals surface area contributed by atoms with Crippen molar-refractivity contribution in [3.8, 4) is 0 Å². The van der Waals surface area contributed by atoms with Gasteiger partial charge in [0.1, 0.15) is 11.3 Å². The first kappa shape index (κ1) is 23.6. The molecule has 3 heterocycles. The van der Waals surface area contributed by atoms with Crippen molar-refractivity contribution in [3.63, 3.8) is 0 Å². The van der Waals surface area contributed by atoms with E-state index in [0.29, 0.717) is 11.9 Å². The maximum Gasteiger partial charge on any atom is 0.222 e. The number of fused-ring (bicyclic) bond motifs is 1. The summed E-state index contributed by atoms with van der Waals surface area (Å²) in [5.74, 6) is 2.50. The Balaban J connectivity index is 1.51. The average molecular weight is 454 g/mol. The highest BCUT2D eigenvalue weighted by Gasteiger charge is 2.22. The molecule has 1 unspecified atom stereocenters. The molecular weight excluding hydrogens is 414 g/mol. The highest BCUT2D eigenvalue weighted by Crippen LogP contribution is 2.30. The summed E-state index contributed by atoms with van der Waals surface area (Å²) >= 11 is 0. The van der Waals surface area contributed by atoms with E-state index in [1.807, 2.05) is 6.07 Å². The van der Waals surface area contributed by atoms with E-state index < -0.39 is 0 Å². The van der Waals surface area contributed by atoms with Gasteiger partial charge in [-0.3, -0.25) is 4.90 Å². The highest BCUT2D eigenvalue weighted by atomic mass is 16.5. The lowest BCUT2D eigenvalue weighted by Crippen LogP contribution is -2.44. The van der Waals surface area contributed by atoms with Gasteiger partial charge in [-0.25, -0.2) is 4.98 Å². The Morgan fingerprint density at radius 3 is 2.88 bits per heavy atom. The molecule has 33 heavy (non-hydrogen) atoms. The zero-order valence-electron chi connectivity index (χ0n) is 20.1. The quantitative estimate of drug-likeness (QED) is 0.475. The number of piperazine rings is 1. The largest absolute Gasteiger partial charge is 0.501 e. The number of nitrogens with two attached hydrogens (primary N) is 1. The summed E-state index contributed by atoms with van der Waals surface area (Å²) < 4.78 is 8.17. The summed E-state index contributed by atoms with van der Waals surface area (Å²) in [6.45, 7) is 9.26. The molecule has 0 bridgehead atoms. The molecule has 0 saturated carbocycles. The van der Waals surface area contributed by atoms with Crippen LogP contribution in [-0.4, -0.2) is 65.8 Å². The van der Waals surface area contributed by atoms with E-state index in [-0.39, 0.29) is 0 Å². The molecule has 1 fully saturated rings. The van der Waals surface area contributed by atoms with E-state index in [9.17, 15) is 0 Å². The Hall–Kier alpha value is -2.58. The summed E-state index contributed by atoms with van der Waals surface area (Å²) in [4.78, 5) is 11.5. The smallest absolute Gasteiger partial charge is 0.222 e. The maximum atomic E-state index is 5.99.